The van der Waals surface area contributed by atoms with Crippen LogP contribution in [0.2, 0.25) is 15.1 Å². The summed E-state index contributed by atoms with van der Waals surface area (Å²) in [6, 6.07) is 10.6. The summed E-state index contributed by atoms with van der Waals surface area (Å²) in [5.74, 6) is 0.851. The van der Waals surface area contributed by atoms with E-state index in [1.807, 2.05) is 24.3 Å². The Morgan fingerprint density at radius 1 is 1.04 bits per heavy atom. The minimum Gasteiger partial charge on any atom is -0.496 e. The third-order valence-corrected chi connectivity index (χ3v) is 4.26. The number of hydrogen-bond acceptors (Lipinski definition) is 3. The number of para-hydroxylation sites is 1. The van der Waals surface area contributed by atoms with Crippen LogP contribution >= 0.6 is 34.8 Å². The van der Waals surface area contributed by atoms with Crippen molar-refractivity contribution in [3.05, 3.63) is 57.0 Å². The fourth-order valence-electron chi connectivity index (χ4n) is 2.06. The fraction of sp³-hybridized carbons (Fsp3) is 0.235. The van der Waals surface area contributed by atoms with Crippen LogP contribution in [-0.4, -0.2) is 26.2 Å². The van der Waals surface area contributed by atoms with Gasteiger partial charge in [0.15, 0.2) is 6.61 Å². The molecule has 0 fully saturated rings. The smallest absolute Gasteiger partial charge is 0.257 e. The molecular weight excluding hydrogens is 373 g/mol. The van der Waals surface area contributed by atoms with Gasteiger partial charge in [0.2, 0.25) is 0 Å². The Morgan fingerprint density at radius 3 is 2.50 bits per heavy atom. The Labute approximate surface area is 155 Å². The first kappa shape index (κ1) is 18.7. The van der Waals surface area contributed by atoms with Crippen molar-refractivity contribution in [3.8, 4) is 11.5 Å². The van der Waals surface area contributed by atoms with Gasteiger partial charge in [-0.15, -0.1) is 0 Å². The minimum absolute atomic E-state index is 0.163. The van der Waals surface area contributed by atoms with Crippen molar-refractivity contribution >= 4 is 40.7 Å². The molecule has 0 bridgehead atoms. The molecule has 0 saturated heterocycles. The van der Waals surface area contributed by atoms with Gasteiger partial charge >= 0.3 is 0 Å². The molecule has 0 aliphatic rings. The molecule has 0 unspecified atom stereocenters. The summed E-state index contributed by atoms with van der Waals surface area (Å²) < 4.78 is 10.6. The lowest BCUT2D eigenvalue weighted by Gasteiger charge is -2.11. The van der Waals surface area contributed by atoms with Crippen molar-refractivity contribution in [3.63, 3.8) is 0 Å². The molecule has 0 spiro atoms. The second-order valence-corrected chi connectivity index (χ2v) is 6.12. The van der Waals surface area contributed by atoms with Crippen LogP contribution in [-0.2, 0) is 11.2 Å². The maximum atomic E-state index is 11.9. The Balaban J connectivity index is 1.81. The first-order valence-corrected chi connectivity index (χ1v) is 8.30. The van der Waals surface area contributed by atoms with E-state index < -0.39 is 0 Å². The predicted molar refractivity (Wildman–Crippen MR) is 96.7 cm³/mol. The Kier molecular flexibility index (Phi) is 7.03. The number of amides is 1. The summed E-state index contributed by atoms with van der Waals surface area (Å²) in [7, 11) is 1.62. The minimum atomic E-state index is -0.257. The third-order valence-electron chi connectivity index (χ3n) is 3.24. The maximum absolute atomic E-state index is 11.9. The molecule has 0 aromatic heterocycles. The summed E-state index contributed by atoms with van der Waals surface area (Å²) in [4.78, 5) is 11.9. The van der Waals surface area contributed by atoms with Gasteiger partial charge in [-0.1, -0.05) is 53.0 Å². The van der Waals surface area contributed by atoms with Crippen LogP contribution < -0.4 is 14.8 Å². The molecule has 0 aliphatic carbocycles. The summed E-state index contributed by atoms with van der Waals surface area (Å²) in [5, 5.41) is 3.72. The van der Waals surface area contributed by atoms with Crippen molar-refractivity contribution < 1.29 is 14.3 Å². The molecule has 0 aliphatic heterocycles. The zero-order chi connectivity index (χ0) is 17.5. The molecule has 2 rings (SSSR count). The highest BCUT2D eigenvalue weighted by atomic mass is 35.5. The number of hydrogen-bond donors (Lipinski definition) is 1. The molecule has 1 N–H and O–H groups in total. The van der Waals surface area contributed by atoms with Gasteiger partial charge in [0.05, 0.1) is 22.2 Å². The van der Waals surface area contributed by atoms with Crippen LogP contribution in [0.25, 0.3) is 0 Å². The van der Waals surface area contributed by atoms with Gasteiger partial charge in [0, 0.05) is 12.6 Å². The van der Waals surface area contributed by atoms with Crippen molar-refractivity contribution in [2.75, 3.05) is 20.3 Å². The number of carbonyl (C=O) groups excluding carboxylic acids is 1. The van der Waals surface area contributed by atoms with Crippen LogP contribution in [0.3, 0.4) is 0 Å². The first-order valence-electron chi connectivity index (χ1n) is 7.17. The van der Waals surface area contributed by atoms with Gasteiger partial charge < -0.3 is 14.8 Å². The van der Waals surface area contributed by atoms with Crippen molar-refractivity contribution in [1.82, 2.24) is 5.32 Å². The Morgan fingerprint density at radius 2 is 1.75 bits per heavy atom. The van der Waals surface area contributed by atoms with E-state index in [0.717, 1.165) is 11.3 Å². The van der Waals surface area contributed by atoms with E-state index in [9.17, 15) is 4.79 Å². The number of nitrogens with one attached hydrogen (secondary N) is 1. The zero-order valence-corrected chi connectivity index (χ0v) is 15.2. The van der Waals surface area contributed by atoms with Gasteiger partial charge in [-0.2, -0.15) is 0 Å². The van der Waals surface area contributed by atoms with Gasteiger partial charge in [-0.05, 0) is 24.1 Å². The Hall–Kier alpha value is -1.62. The molecule has 2 aromatic carbocycles. The van der Waals surface area contributed by atoms with Crippen LogP contribution in [0.15, 0.2) is 36.4 Å². The average Bonchev–Trinajstić information content (AvgIpc) is 2.57. The molecule has 2 aromatic rings. The lowest BCUT2D eigenvalue weighted by molar-refractivity contribution is -0.123. The van der Waals surface area contributed by atoms with Crippen molar-refractivity contribution in [1.29, 1.82) is 0 Å². The number of methoxy groups -OCH3 is 1. The molecule has 0 saturated carbocycles. The van der Waals surface area contributed by atoms with Crippen LogP contribution in [0.1, 0.15) is 5.56 Å². The van der Waals surface area contributed by atoms with E-state index in [1.54, 1.807) is 7.11 Å². The molecular formula is C17H16Cl3NO3. The van der Waals surface area contributed by atoms with Gasteiger partial charge in [-0.25, -0.2) is 0 Å². The van der Waals surface area contributed by atoms with Gasteiger partial charge in [-0.3, -0.25) is 4.79 Å². The first-order chi connectivity index (χ1) is 11.5. The number of benzene rings is 2. The highest BCUT2D eigenvalue weighted by Gasteiger charge is 2.10. The van der Waals surface area contributed by atoms with Crippen LogP contribution in [0.4, 0.5) is 0 Å². The quantitative estimate of drug-likeness (QED) is 0.715. The molecule has 7 heteroatoms. The highest BCUT2D eigenvalue weighted by Crippen LogP contribution is 2.33. The van der Waals surface area contributed by atoms with E-state index in [-0.39, 0.29) is 12.5 Å². The average molecular weight is 389 g/mol. The lowest BCUT2D eigenvalue weighted by Crippen LogP contribution is -2.30. The molecule has 4 nitrogen and oxygen atoms in total. The monoisotopic (exact) mass is 387 g/mol. The number of carbonyl (C=O) groups is 1. The third kappa shape index (κ3) is 5.20. The number of halogens is 3. The van der Waals surface area contributed by atoms with E-state index in [2.05, 4.69) is 5.32 Å². The fourth-order valence-corrected chi connectivity index (χ4v) is 2.65. The largest absolute Gasteiger partial charge is 0.496 e. The van der Waals surface area contributed by atoms with E-state index >= 15 is 0 Å². The maximum Gasteiger partial charge on any atom is 0.257 e. The molecule has 128 valence electrons. The standard InChI is InChI=1S/C17H16Cl3NO3/c1-23-15-5-3-2-4-11(15)6-7-21-17(22)10-24-16-9-13(19)12(18)8-14(16)20/h2-5,8-9H,6-7,10H2,1H3,(H,21,22). The van der Waals surface area contributed by atoms with Crippen LogP contribution in [0, 0.1) is 0 Å². The number of ether oxygens (including phenoxy) is 2. The second-order valence-electron chi connectivity index (χ2n) is 4.90. The van der Waals surface area contributed by atoms with E-state index in [4.69, 9.17) is 44.3 Å². The normalized spacial score (nSPS) is 10.3. The topological polar surface area (TPSA) is 47.6 Å². The molecule has 1 amide bonds. The summed E-state index contributed by atoms with van der Waals surface area (Å²) in [5.41, 5.74) is 1.02. The van der Waals surface area contributed by atoms with Gasteiger partial charge in [0.25, 0.3) is 5.91 Å². The second kappa shape index (κ2) is 9.02. The summed E-state index contributed by atoms with van der Waals surface area (Å²) in [6.45, 7) is 0.307. The van der Waals surface area contributed by atoms with E-state index in [1.165, 1.54) is 12.1 Å². The molecule has 0 heterocycles. The summed E-state index contributed by atoms with van der Waals surface area (Å²) >= 11 is 17.7. The Bertz CT molecular complexity index is 722. The predicted octanol–water partition coefficient (Wildman–Crippen LogP) is 4.39. The van der Waals surface area contributed by atoms with Crippen molar-refractivity contribution in [2.45, 2.75) is 6.42 Å². The SMILES string of the molecule is COc1ccccc1CCNC(=O)COc1cc(Cl)c(Cl)cc1Cl. The van der Waals surface area contributed by atoms with E-state index in [0.29, 0.717) is 33.8 Å². The van der Waals surface area contributed by atoms with Crippen LogP contribution in [0.5, 0.6) is 11.5 Å². The molecule has 0 atom stereocenters. The zero-order valence-electron chi connectivity index (χ0n) is 12.9. The molecule has 0 radical (unpaired) electrons. The highest BCUT2D eigenvalue weighted by molar-refractivity contribution is 6.43. The lowest BCUT2D eigenvalue weighted by atomic mass is 10.1. The molecule has 24 heavy (non-hydrogen) atoms. The number of rotatable bonds is 7. The van der Waals surface area contributed by atoms with Crippen molar-refractivity contribution in [2.24, 2.45) is 0 Å². The summed E-state index contributed by atoms with van der Waals surface area (Å²) in [6.07, 6.45) is 0.656. The van der Waals surface area contributed by atoms with Gasteiger partial charge in [0.1, 0.15) is 11.5 Å².